The standard InChI is InChI=1S/C26H31N3O4/c1-17(2)24(30)22-15-23(29(28-22)20-11-13-21(32-6)14-12-20)19-9-7-18(8-10-19)16-33-25(31)27-26(3,4)5/h7-15,17H,16H2,1-6H3,(H,27,31). The highest BCUT2D eigenvalue weighted by atomic mass is 16.5. The van der Waals surface area contributed by atoms with Crippen LogP contribution in [-0.4, -0.2) is 34.3 Å². The summed E-state index contributed by atoms with van der Waals surface area (Å²) in [7, 11) is 1.62. The molecule has 0 radical (unpaired) electrons. The number of nitrogens with one attached hydrogen (secondary N) is 1. The van der Waals surface area contributed by atoms with Crippen LogP contribution in [0, 0.1) is 5.92 Å². The van der Waals surface area contributed by atoms with E-state index in [4.69, 9.17) is 9.47 Å². The SMILES string of the molecule is COc1ccc(-n2nc(C(=O)C(C)C)cc2-c2ccc(COC(=O)NC(C)(C)C)cc2)cc1. The molecule has 0 aliphatic carbocycles. The van der Waals surface area contributed by atoms with Gasteiger partial charge in [-0.05, 0) is 56.7 Å². The fraction of sp³-hybridized carbons (Fsp3) is 0.346. The number of amides is 1. The average molecular weight is 450 g/mol. The van der Waals surface area contributed by atoms with Crippen molar-refractivity contribution >= 4 is 11.9 Å². The zero-order chi connectivity index (χ0) is 24.2. The van der Waals surface area contributed by atoms with Gasteiger partial charge in [0.1, 0.15) is 18.1 Å². The second kappa shape index (κ2) is 9.90. The Labute approximate surface area is 194 Å². The first-order valence-electron chi connectivity index (χ1n) is 10.9. The Hall–Kier alpha value is -3.61. The zero-order valence-corrected chi connectivity index (χ0v) is 20.0. The van der Waals surface area contributed by atoms with Crippen LogP contribution in [0.25, 0.3) is 16.9 Å². The topological polar surface area (TPSA) is 82.5 Å². The Bertz CT molecular complexity index is 1110. The maximum Gasteiger partial charge on any atom is 0.407 e. The Morgan fingerprint density at radius 3 is 2.21 bits per heavy atom. The molecule has 0 saturated heterocycles. The number of rotatable bonds is 7. The third kappa shape index (κ3) is 6.22. The second-order valence-electron chi connectivity index (χ2n) is 9.19. The molecule has 0 aliphatic rings. The molecule has 1 heterocycles. The van der Waals surface area contributed by atoms with Crippen LogP contribution in [0.15, 0.2) is 54.6 Å². The lowest BCUT2D eigenvalue weighted by Gasteiger charge is -2.20. The van der Waals surface area contributed by atoms with E-state index in [-0.39, 0.29) is 23.8 Å². The number of ketones is 1. The molecule has 174 valence electrons. The largest absolute Gasteiger partial charge is 0.497 e. The number of benzene rings is 2. The molecular weight excluding hydrogens is 418 g/mol. The van der Waals surface area contributed by atoms with Gasteiger partial charge in [-0.25, -0.2) is 9.48 Å². The summed E-state index contributed by atoms with van der Waals surface area (Å²) in [5, 5.41) is 7.37. The molecule has 3 aromatic rings. The molecule has 0 spiro atoms. The maximum atomic E-state index is 12.6. The van der Waals surface area contributed by atoms with Crippen molar-refractivity contribution in [3.8, 4) is 22.7 Å². The first-order valence-corrected chi connectivity index (χ1v) is 10.9. The number of hydrogen-bond acceptors (Lipinski definition) is 5. The number of carbonyl (C=O) groups excluding carboxylic acids is 2. The van der Waals surface area contributed by atoms with Gasteiger partial charge in [-0.2, -0.15) is 5.10 Å². The van der Waals surface area contributed by atoms with E-state index in [1.807, 2.05) is 89.2 Å². The molecule has 7 nitrogen and oxygen atoms in total. The van der Waals surface area contributed by atoms with Gasteiger partial charge in [-0.15, -0.1) is 0 Å². The van der Waals surface area contributed by atoms with E-state index in [1.54, 1.807) is 11.8 Å². The number of nitrogens with zero attached hydrogens (tertiary/aromatic N) is 2. The summed E-state index contributed by atoms with van der Waals surface area (Å²) in [6, 6.07) is 17.0. The van der Waals surface area contributed by atoms with Crippen molar-refractivity contribution in [1.82, 2.24) is 15.1 Å². The molecule has 3 rings (SSSR count). The fourth-order valence-corrected chi connectivity index (χ4v) is 3.19. The zero-order valence-electron chi connectivity index (χ0n) is 20.0. The molecule has 0 bridgehead atoms. The first-order chi connectivity index (χ1) is 15.6. The Morgan fingerprint density at radius 1 is 1.03 bits per heavy atom. The molecular formula is C26H31N3O4. The van der Waals surface area contributed by atoms with Crippen molar-refractivity contribution in [1.29, 1.82) is 0 Å². The van der Waals surface area contributed by atoms with Crippen molar-refractivity contribution in [2.24, 2.45) is 5.92 Å². The van der Waals surface area contributed by atoms with E-state index >= 15 is 0 Å². The van der Waals surface area contributed by atoms with Crippen LogP contribution in [-0.2, 0) is 11.3 Å². The molecule has 1 N–H and O–H groups in total. The number of carbonyl (C=O) groups is 2. The van der Waals surface area contributed by atoms with E-state index < -0.39 is 6.09 Å². The molecule has 0 fully saturated rings. The third-order valence-corrected chi connectivity index (χ3v) is 4.90. The molecule has 0 saturated carbocycles. The lowest BCUT2D eigenvalue weighted by atomic mass is 10.0. The minimum atomic E-state index is -0.457. The van der Waals surface area contributed by atoms with Crippen molar-refractivity contribution in [2.75, 3.05) is 7.11 Å². The Balaban J connectivity index is 1.87. The Kier molecular flexibility index (Phi) is 7.21. The number of hydrogen-bond donors (Lipinski definition) is 1. The van der Waals surface area contributed by atoms with E-state index in [0.29, 0.717) is 5.69 Å². The highest BCUT2D eigenvalue weighted by Crippen LogP contribution is 2.27. The van der Waals surface area contributed by atoms with Gasteiger partial charge in [-0.1, -0.05) is 38.1 Å². The summed E-state index contributed by atoms with van der Waals surface area (Å²) in [4.78, 5) is 24.5. The van der Waals surface area contributed by atoms with Crippen molar-refractivity contribution < 1.29 is 19.1 Å². The first kappa shape index (κ1) is 24.0. The predicted molar refractivity (Wildman–Crippen MR) is 128 cm³/mol. The van der Waals surface area contributed by atoms with Crippen molar-refractivity contribution in [2.45, 2.75) is 46.8 Å². The maximum absolute atomic E-state index is 12.6. The molecule has 0 unspecified atom stereocenters. The highest BCUT2D eigenvalue weighted by molar-refractivity contribution is 5.96. The normalized spacial score (nSPS) is 11.4. The molecule has 1 amide bonds. The van der Waals surface area contributed by atoms with E-state index in [1.165, 1.54) is 0 Å². The van der Waals surface area contributed by atoms with E-state index in [0.717, 1.165) is 28.3 Å². The van der Waals surface area contributed by atoms with Crippen LogP contribution in [0.5, 0.6) is 5.75 Å². The summed E-state index contributed by atoms with van der Waals surface area (Å²) in [6.45, 7) is 9.57. The molecule has 7 heteroatoms. The minimum Gasteiger partial charge on any atom is -0.497 e. The molecule has 1 aromatic heterocycles. The smallest absolute Gasteiger partial charge is 0.407 e. The lowest BCUT2D eigenvalue weighted by Crippen LogP contribution is -2.40. The summed E-state index contributed by atoms with van der Waals surface area (Å²) < 4.78 is 12.3. The highest BCUT2D eigenvalue weighted by Gasteiger charge is 2.19. The summed E-state index contributed by atoms with van der Waals surface area (Å²) in [5.41, 5.74) is 3.43. The van der Waals surface area contributed by atoms with Crippen molar-refractivity contribution in [3.63, 3.8) is 0 Å². The number of aromatic nitrogens is 2. The van der Waals surface area contributed by atoms with Gasteiger partial charge in [0.2, 0.25) is 0 Å². The minimum absolute atomic E-state index is 0.0154. The van der Waals surface area contributed by atoms with E-state index in [9.17, 15) is 9.59 Å². The number of alkyl carbamates (subject to hydrolysis) is 1. The number of Topliss-reactive ketones (excluding diaryl/α,β-unsaturated/α-hetero) is 1. The van der Waals surface area contributed by atoms with Crippen LogP contribution in [0.2, 0.25) is 0 Å². The quantitative estimate of drug-likeness (QED) is 0.488. The van der Waals surface area contributed by atoms with Crippen LogP contribution < -0.4 is 10.1 Å². The molecule has 0 atom stereocenters. The lowest BCUT2D eigenvalue weighted by molar-refractivity contribution is 0.0933. The van der Waals surface area contributed by atoms with Crippen LogP contribution >= 0.6 is 0 Å². The van der Waals surface area contributed by atoms with E-state index in [2.05, 4.69) is 10.4 Å². The summed E-state index contributed by atoms with van der Waals surface area (Å²) in [6.07, 6.45) is -0.457. The van der Waals surface area contributed by atoms with Crippen LogP contribution in [0.1, 0.15) is 50.7 Å². The summed E-state index contributed by atoms with van der Waals surface area (Å²) in [5.74, 6) is 0.569. The average Bonchev–Trinajstić information content (AvgIpc) is 3.21. The second-order valence-corrected chi connectivity index (χ2v) is 9.19. The summed E-state index contributed by atoms with van der Waals surface area (Å²) >= 11 is 0. The van der Waals surface area contributed by atoms with Crippen LogP contribution in [0.3, 0.4) is 0 Å². The molecule has 0 aliphatic heterocycles. The predicted octanol–water partition coefficient (Wildman–Crippen LogP) is 5.41. The van der Waals surface area contributed by atoms with Gasteiger partial charge in [-0.3, -0.25) is 4.79 Å². The van der Waals surface area contributed by atoms with Gasteiger partial charge in [0.05, 0.1) is 18.5 Å². The van der Waals surface area contributed by atoms with Gasteiger partial charge in [0.25, 0.3) is 0 Å². The molecule has 2 aromatic carbocycles. The third-order valence-electron chi connectivity index (χ3n) is 4.90. The van der Waals surface area contributed by atoms with Crippen molar-refractivity contribution in [3.05, 3.63) is 65.9 Å². The van der Waals surface area contributed by atoms with Gasteiger partial charge < -0.3 is 14.8 Å². The van der Waals surface area contributed by atoms with Crippen LogP contribution in [0.4, 0.5) is 4.79 Å². The monoisotopic (exact) mass is 449 g/mol. The van der Waals surface area contributed by atoms with Gasteiger partial charge >= 0.3 is 6.09 Å². The van der Waals surface area contributed by atoms with Gasteiger partial charge in [0, 0.05) is 17.0 Å². The fourth-order valence-electron chi connectivity index (χ4n) is 3.19. The number of ether oxygens (including phenoxy) is 2. The number of methoxy groups -OCH3 is 1. The van der Waals surface area contributed by atoms with Gasteiger partial charge in [0.15, 0.2) is 5.78 Å². The molecule has 33 heavy (non-hydrogen) atoms. The Morgan fingerprint density at radius 2 is 1.67 bits per heavy atom.